The highest BCUT2D eigenvalue weighted by Crippen LogP contribution is 2.47. The van der Waals surface area contributed by atoms with Crippen LogP contribution in [0.2, 0.25) is 5.02 Å². The lowest BCUT2D eigenvalue weighted by atomic mass is 9.95. The Labute approximate surface area is 251 Å². The molecule has 0 aliphatic carbocycles. The molecule has 0 atom stereocenters. The van der Waals surface area contributed by atoms with Crippen molar-refractivity contribution < 1.29 is 49.9 Å². The second-order valence-electron chi connectivity index (χ2n) is 8.68. The fourth-order valence-corrected chi connectivity index (χ4v) is 5.32. The quantitative estimate of drug-likeness (QED) is 0.181. The van der Waals surface area contributed by atoms with Gasteiger partial charge in [-0.15, -0.1) is 0 Å². The first-order valence-corrected chi connectivity index (χ1v) is 14.0. The molecule has 0 aliphatic rings. The molecule has 16 heteroatoms. The van der Waals surface area contributed by atoms with E-state index in [2.05, 4.69) is 19.4 Å². The van der Waals surface area contributed by atoms with Crippen LogP contribution in [0.1, 0.15) is 0 Å². The molecular formula is C28H20ClF4N3O7S. The Bertz CT molecular complexity index is 1920. The van der Waals surface area contributed by atoms with Crippen molar-refractivity contribution in [2.45, 2.75) is 11.1 Å². The zero-order valence-corrected chi connectivity index (χ0v) is 24.1. The number of carboxylic acids is 1. The van der Waals surface area contributed by atoms with Crippen molar-refractivity contribution in [3.05, 3.63) is 84.0 Å². The third-order valence-corrected chi connectivity index (χ3v) is 7.70. The highest BCUT2D eigenvalue weighted by atomic mass is 35.5. The smallest absolute Gasteiger partial charge is 0.490 e. The molecule has 0 bridgehead atoms. The summed E-state index contributed by atoms with van der Waals surface area (Å²) in [4.78, 5) is 13.1. The molecule has 5 rings (SSSR count). The van der Waals surface area contributed by atoms with E-state index in [-0.39, 0.29) is 38.5 Å². The summed E-state index contributed by atoms with van der Waals surface area (Å²) in [6.45, 7) is 0. The number of hydrogen-bond donors (Lipinski definition) is 2. The molecule has 0 saturated heterocycles. The minimum Gasteiger partial charge on any atom is -0.496 e. The molecule has 10 nitrogen and oxygen atoms in total. The van der Waals surface area contributed by atoms with Gasteiger partial charge >= 0.3 is 12.1 Å². The zero-order valence-electron chi connectivity index (χ0n) is 22.5. The third-order valence-electron chi connectivity index (χ3n) is 5.98. The zero-order chi connectivity index (χ0) is 32.2. The maximum atomic E-state index is 16.0. The number of methoxy groups -OCH3 is 2. The lowest BCUT2D eigenvalue weighted by Crippen LogP contribution is -2.21. The molecule has 2 aromatic heterocycles. The van der Waals surface area contributed by atoms with E-state index < -0.39 is 28.0 Å². The fourth-order valence-electron chi connectivity index (χ4n) is 4.03. The number of rotatable bonds is 7. The van der Waals surface area contributed by atoms with Gasteiger partial charge in [-0.05, 0) is 29.1 Å². The van der Waals surface area contributed by atoms with Crippen LogP contribution in [0.4, 0.5) is 23.4 Å². The number of aromatic nitrogens is 2. The van der Waals surface area contributed by atoms with E-state index in [1.165, 1.54) is 44.9 Å². The lowest BCUT2D eigenvalue weighted by Gasteiger charge is -2.18. The van der Waals surface area contributed by atoms with Crippen LogP contribution in [0.3, 0.4) is 0 Å². The first-order chi connectivity index (χ1) is 20.8. The summed E-state index contributed by atoms with van der Waals surface area (Å²) >= 11 is 6.52. The largest absolute Gasteiger partial charge is 0.496 e. The van der Waals surface area contributed by atoms with Gasteiger partial charge in [-0.3, -0.25) is 4.72 Å². The average Bonchev–Trinajstić information content (AvgIpc) is 3.50. The summed E-state index contributed by atoms with van der Waals surface area (Å²) in [5.74, 6) is -3.12. The maximum absolute atomic E-state index is 16.0. The highest BCUT2D eigenvalue weighted by molar-refractivity contribution is 7.92. The monoisotopic (exact) mass is 653 g/mol. The number of nitrogens with one attached hydrogen (secondary N) is 1. The van der Waals surface area contributed by atoms with Crippen molar-refractivity contribution in [1.29, 1.82) is 0 Å². The van der Waals surface area contributed by atoms with Crippen LogP contribution in [0.5, 0.6) is 11.6 Å². The molecule has 3 aromatic carbocycles. The van der Waals surface area contributed by atoms with Gasteiger partial charge in [0, 0.05) is 23.2 Å². The number of alkyl halides is 3. The van der Waals surface area contributed by atoms with Crippen LogP contribution < -0.4 is 14.2 Å². The molecule has 0 saturated carbocycles. The van der Waals surface area contributed by atoms with Crippen molar-refractivity contribution >= 4 is 44.2 Å². The van der Waals surface area contributed by atoms with Crippen molar-refractivity contribution in [2.75, 3.05) is 18.9 Å². The minimum absolute atomic E-state index is 0.0357. The number of carboxylic acid groups (broad SMARTS) is 1. The molecule has 0 spiro atoms. The van der Waals surface area contributed by atoms with E-state index in [1.807, 2.05) is 30.3 Å². The second-order valence-corrected chi connectivity index (χ2v) is 10.7. The molecule has 0 radical (unpaired) electrons. The van der Waals surface area contributed by atoms with Gasteiger partial charge in [0.25, 0.3) is 10.0 Å². The fraction of sp³-hybridized carbons (Fsp3) is 0.107. The van der Waals surface area contributed by atoms with Gasteiger partial charge < -0.3 is 19.1 Å². The lowest BCUT2D eigenvalue weighted by molar-refractivity contribution is -0.192. The highest BCUT2D eigenvalue weighted by Gasteiger charge is 2.38. The van der Waals surface area contributed by atoms with Gasteiger partial charge in [-0.2, -0.15) is 13.2 Å². The molecule has 2 heterocycles. The summed E-state index contributed by atoms with van der Waals surface area (Å²) in [6.07, 6.45) is -2.39. The third kappa shape index (κ3) is 6.68. The van der Waals surface area contributed by atoms with Gasteiger partial charge in [-0.25, -0.2) is 22.6 Å². The van der Waals surface area contributed by atoms with Crippen LogP contribution in [-0.4, -0.2) is 50.0 Å². The van der Waals surface area contributed by atoms with Gasteiger partial charge in [0.05, 0.1) is 35.3 Å². The Morgan fingerprint density at radius 1 is 1.02 bits per heavy atom. The molecular weight excluding hydrogens is 634 g/mol. The van der Waals surface area contributed by atoms with Crippen LogP contribution in [0, 0.1) is 5.82 Å². The SMILES string of the molecule is COc1cc(-c2ccccc2)c(Cl)c(F)c1-c1c(OC)ncc2cc(S(=O)(=O)Nc3ccon3)ccc12.O=C(O)C(F)(F)F. The van der Waals surface area contributed by atoms with E-state index in [9.17, 15) is 21.6 Å². The predicted octanol–water partition coefficient (Wildman–Crippen LogP) is 6.80. The van der Waals surface area contributed by atoms with E-state index >= 15 is 4.39 Å². The summed E-state index contributed by atoms with van der Waals surface area (Å²) < 4.78 is 91.5. The standard InChI is InChI=1S/C26H19ClFN3O5S.C2HF3O2/c1-34-20-13-19(15-6-4-3-5-7-15)24(27)25(28)23(20)22-18-9-8-17(12-16(18)14-29-26(22)35-2)37(32,33)31-21-10-11-36-30-21;3-2(4,5)1(6)7/h3-14H,1-2H3,(H,30,31);(H,6,7). The number of benzene rings is 3. The molecule has 0 fully saturated rings. The number of halogens is 5. The molecule has 44 heavy (non-hydrogen) atoms. The molecule has 2 N–H and O–H groups in total. The number of pyridine rings is 1. The Balaban J connectivity index is 0.000000566. The second kappa shape index (κ2) is 12.8. The Hall–Kier alpha value is -4.89. The maximum Gasteiger partial charge on any atom is 0.490 e. The molecule has 0 amide bonds. The number of anilines is 1. The van der Waals surface area contributed by atoms with Crippen LogP contribution in [0.25, 0.3) is 33.0 Å². The van der Waals surface area contributed by atoms with Crippen molar-refractivity contribution in [1.82, 2.24) is 10.1 Å². The van der Waals surface area contributed by atoms with Crippen molar-refractivity contribution in [2.24, 2.45) is 0 Å². The first-order valence-electron chi connectivity index (χ1n) is 12.1. The topological polar surface area (TPSA) is 141 Å². The van der Waals surface area contributed by atoms with Crippen LogP contribution in [-0.2, 0) is 14.8 Å². The Morgan fingerprint density at radius 2 is 1.70 bits per heavy atom. The molecule has 0 aliphatic heterocycles. The van der Waals surface area contributed by atoms with E-state index in [0.29, 0.717) is 21.9 Å². The first kappa shape index (κ1) is 32.0. The number of hydrogen-bond acceptors (Lipinski definition) is 8. The predicted molar refractivity (Wildman–Crippen MR) is 152 cm³/mol. The number of fused-ring (bicyclic) bond motifs is 1. The summed E-state index contributed by atoms with van der Waals surface area (Å²) in [7, 11) is -1.15. The van der Waals surface area contributed by atoms with Gasteiger partial charge in [0.15, 0.2) is 11.6 Å². The number of ether oxygens (including phenoxy) is 2. The van der Waals surface area contributed by atoms with Crippen molar-refractivity contribution in [3.8, 4) is 33.9 Å². The number of sulfonamides is 1. The minimum atomic E-state index is -5.08. The van der Waals surface area contributed by atoms with Gasteiger partial charge in [0.1, 0.15) is 12.0 Å². The van der Waals surface area contributed by atoms with Gasteiger partial charge in [0.2, 0.25) is 5.88 Å². The van der Waals surface area contributed by atoms with Gasteiger partial charge in [-0.1, -0.05) is 53.2 Å². The average molecular weight is 654 g/mol. The number of carbonyl (C=O) groups is 1. The van der Waals surface area contributed by atoms with Crippen molar-refractivity contribution in [3.63, 3.8) is 0 Å². The van der Waals surface area contributed by atoms with Crippen LogP contribution in [0.15, 0.2) is 82.5 Å². The van der Waals surface area contributed by atoms with E-state index in [4.69, 9.17) is 31.0 Å². The molecule has 0 unspecified atom stereocenters. The Kier molecular flexibility index (Phi) is 9.30. The Morgan fingerprint density at radius 3 is 2.27 bits per heavy atom. The molecule has 230 valence electrons. The van der Waals surface area contributed by atoms with E-state index in [1.54, 1.807) is 12.1 Å². The number of aliphatic carboxylic acids is 1. The summed E-state index contributed by atoms with van der Waals surface area (Å²) in [5.41, 5.74) is 1.48. The summed E-state index contributed by atoms with van der Waals surface area (Å²) in [6, 6.07) is 16.5. The van der Waals surface area contributed by atoms with Crippen LogP contribution >= 0.6 is 11.6 Å². The normalized spacial score (nSPS) is 11.4. The molecule has 5 aromatic rings. The number of nitrogens with zero attached hydrogens (tertiary/aromatic N) is 2. The van der Waals surface area contributed by atoms with E-state index in [0.717, 1.165) is 0 Å². The summed E-state index contributed by atoms with van der Waals surface area (Å²) in [5, 5.41) is 11.5.